The van der Waals surface area contributed by atoms with E-state index in [0.29, 0.717) is 0 Å². The Labute approximate surface area is 132 Å². The van der Waals surface area contributed by atoms with Crippen LogP contribution in [0.2, 0.25) is 0 Å². The first-order valence-corrected chi connectivity index (χ1v) is 8.40. The molecule has 4 heteroatoms. The number of hydrogen-bond acceptors (Lipinski definition) is 4. The topological polar surface area (TPSA) is 36.9 Å². The summed E-state index contributed by atoms with van der Waals surface area (Å²) in [5.41, 5.74) is 2.15. The van der Waals surface area contributed by atoms with E-state index in [-0.39, 0.29) is 12.6 Å². The lowest BCUT2D eigenvalue weighted by atomic mass is 10.1. The van der Waals surface area contributed by atoms with Crippen LogP contribution < -0.4 is 9.47 Å². The van der Waals surface area contributed by atoms with Gasteiger partial charge in [0, 0.05) is 12.8 Å². The summed E-state index contributed by atoms with van der Waals surface area (Å²) in [7, 11) is 0. The number of benzene rings is 1. The number of rotatable bonds is 4. The summed E-state index contributed by atoms with van der Waals surface area (Å²) in [6.45, 7) is 5.68. The van der Waals surface area contributed by atoms with Gasteiger partial charge in [0.2, 0.25) is 0 Å². The molecule has 0 aromatic heterocycles. The molecule has 3 rings (SSSR count). The van der Waals surface area contributed by atoms with Gasteiger partial charge in [-0.3, -0.25) is 0 Å². The van der Waals surface area contributed by atoms with Crippen molar-refractivity contribution in [1.82, 2.24) is 0 Å². The van der Waals surface area contributed by atoms with Crippen molar-refractivity contribution in [2.24, 2.45) is 0 Å². The first-order chi connectivity index (χ1) is 10.7. The maximum atomic E-state index is 6.00. The van der Waals surface area contributed by atoms with Crippen LogP contribution in [0.3, 0.4) is 0 Å². The van der Waals surface area contributed by atoms with Crippen LogP contribution in [0.15, 0.2) is 12.1 Å². The van der Waals surface area contributed by atoms with E-state index in [4.69, 9.17) is 18.9 Å². The normalized spacial score (nSPS) is 25.7. The molecule has 2 aliphatic rings. The SMILES string of the molecule is Cc1cc(OC2CCCCO2)c(C)cc1OC1CCCCO1. The van der Waals surface area contributed by atoms with Crippen LogP contribution in [0.1, 0.15) is 49.7 Å². The molecule has 22 heavy (non-hydrogen) atoms. The summed E-state index contributed by atoms with van der Waals surface area (Å²) in [5, 5.41) is 0. The molecular weight excluding hydrogens is 280 g/mol. The molecule has 2 fully saturated rings. The fraction of sp³-hybridized carbons (Fsp3) is 0.667. The lowest BCUT2D eigenvalue weighted by Gasteiger charge is -2.26. The Morgan fingerprint density at radius 3 is 1.59 bits per heavy atom. The Kier molecular flexibility index (Phi) is 5.21. The van der Waals surface area contributed by atoms with E-state index < -0.39 is 0 Å². The van der Waals surface area contributed by atoms with Gasteiger partial charge in [0.25, 0.3) is 0 Å². The molecule has 2 saturated heterocycles. The molecule has 1 aromatic carbocycles. The van der Waals surface area contributed by atoms with Gasteiger partial charge in [-0.15, -0.1) is 0 Å². The smallest absolute Gasteiger partial charge is 0.199 e. The maximum absolute atomic E-state index is 6.00. The largest absolute Gasteiger partial charge is 0.465 e. The molecule has 0 radical (unpaired) electrons. The molecule has 122 valence electrons. The van der Waals surface area contributed by atoms with E-state index >= 15 is 0 Å². The Morgan fingerprint density at radius 1 is 0.773 bits per heavy atom. The van der Waals surface area contributed by atoms with Gasteiger partial charge in [-0.2, -0.15) is 0 Å². The summed E-state index contributed by atoms with van der Waals surface area (Å²) < 4.78 is 23.3. The lowest BCUT2D eigenvalue weighted by molar-refractivity contribution is -0.108. The third-order valence-electron chi connectivity index (χ3n) is 4.27. The van der Waals surface area contributed by atoms with E-state index in [1.165, 1.54) is 12.8 Å². The summed E-state index contributed by atoms with van der Waals surface area (Å²) in [5.74, 6) is 1.78. The highest BCUT2D eigenvalue weighted by Gasteiger charge is 2.19. The summed E-state index contributed by atoms with van der Waals surface area (Å²) in [6, 6.07) is 4.09. The second-order valence-electron chi connectivity index (χ2n) is 6.21. The minimum absolute atomic E-state index is 0.111. The van der Waals surface area contributed by atoms with Crippen LogP contribution in [-0.4, -0.2) is 25.8 Å². The van der Waals surface area contributed by atoms with Gasteiger partial charge < -0.3 is 18.9 Å². The fourth-order valence-corrected chi connectivity index (χ4v) is 2.91. The lowest BCUT2D eigenvalue weighted by Crippen LogP contribution is -2.26. The summed E-state index contributed by atoms with van der Waals surface area (Å²) >= 11 is 0. The highest BCUT2D eigenvalue weighted by atomic mass is 16.7. The molecule has 0 spiro atoms. The molecule has 2 aliphatic heterocycles. The van der Waals surface area contributed by atoms with Crippen LogP contribution in [0.25, 0.3) is 0 Å². The molecule has 2 atom stereocenters. The van der Waals surface area contributed by atoms with Crippen molar-refractivity contribution >= 4 is 0 Å². The molecule has 2 unspecified atom stereocenters. The van der Waals surface area contributed by atoms with Crippen molar-refractivity contribution in [2.75, 3.05) is 13.2 Å². The van der Waals surface area contributed by atoms with Gasteiger partial charge in [0.05, 0.1) is 13.2 Å². The van der Waals surface area contributed by atoms with Crippen molar-refractivity contribution < 1.29 is 18.9 Å². The molecule has 0 saturated carbocycles. The second kappa shape index (κ2) is 7.34. The van der Waals surface area contributed by atoms with E-state index in [9.17, 15) is 0 Å². The highest BCUT2D eigenvalue weighted by Crippen LogP contribution is 2.31. The molecular formula is C18H26O4. The van der Waals surface area contributed by atoms with Gasteiger partial charge in [-0.25, -0.2) is 0 Å². The standard InChI is InChI=1S/C18H26O4/c1-13-11-16(22-18-8-4-6-10-20-18)14(2)12-15(13)21-17-7-3-5-9-19-17/h11-12,17-18H,3-10H2,1-2H3. The molecule has 1 aromatic rings. The molecule has 0 N–H and O–H groups in total. The zero-order chi connectivity index (χ0) is 15.4. The van der Waals surface area contributed by atoms with Gasteiger partial charge in [0.1, 0.15) is 11.5 Å². The molecule has 2 heterocycles. The van der Waals surface area contributed by atoms with E-state index in [2.05, 4.69) is 0 Å². The fourth-order valence-electron chi connectivity index (χ4n) is 2.91. The average Bonchev–Trinajstić information content (AvgIpc) is 2.54. The molecule has 4 nitrogen and oxygen atoms in total. The number of aryl methyl sites for hydroxylation is 2. The van der Waals surface area contributed by atoms with Crippen molar-refractivity contribution in [1.29, 1.82) is 0 Å². The molecule has 0 aliphatic carbocycles. The third-order valence-corrected chi connectivity index (χ3v) is 4.27. The Balaban J connectivity index is 1.67. The van der Waals surface area contributed by atoms with Crippen LogP contribution in [0, 0.1) is 13.8 Å². The van der Waals surface area contributed by atoms with E-state index in [1.807, 2.05) is 26.0 Å². The first-order valence-electron chi connectivity index (χ1n) is 8.40. The predicted molar refractivity (Wildman–Crippen MR) is 84.4 cm³/mol. The summed E-state index contributed by atoms with van der Waals surface area (Å²) in [6.07, 6.45) is 6.31. The van der Waals surface area contributed by atoms with Crippen LogP contribution >= 0.6 is 0 Å². The first kappa shape index (κ1) is 15.6. The quantitative estimate of drug-likeness (QED) is 0.838. The zero-order valence-electron chi connectivity index (χ0n) is 13.6. The monoisotopic (exact) mass is 306 g/mol. The predicted octanol–water partition coefficient (Wildman–Crippen LogP) is 4.11. The van der Waals surface area contributed by atoms with Gasteiger partial charge >= 0.3 is 0 Å². The minimum Gasteiger partial charge on any atom is -0.465 e. The second-order valence-corrected chi connectivity index (χ2v) is 6.21. The van der Waals surface area contributed by atoms with Crippen LogP contribution in [-0.2, 0) is 9.47 Å². The van der Waals surface area contributed by atoms with E-state index in [0.717, 1.165) is 61.5 Å². The molecule has 0 amide bonds. The summed E-state index contributed by atoms with van der Waals surface area (Å²) in [4.78, 5) is 0. The Bertz CT molecular complexity index is 442. The average molecular weight is 306 g/mol. The van der Waals surface area contributed by atoms with Crippen molar-refractivity contribution in [2.45, 2.75) is 65.0 Å². The number of ether oxygens (including phenoxy) is 4. The third kappa shape index (κ3) is 3.93. The van der Waals surface area contributed by atoms with E-state index in [1.54, 1.807) is 0 Å². The zero-order valence-corrected chi connectivity index (χ0v) is 13.6. The highest BCUT2D eigenvalue weighted by molar-refractivity contribution is 5.45. The van der Waals surface area contributed by atoms with Crippen molar-refractivity contribution in [3.63, 3.8) is 0 Å². The minimum atomic E-state index is -0.111. The van der Waals surface area contributed by atoms with Crippen LogP contribution in [0.5, 0.6) is 11.5 Å². The maximum Gasteiger partial charge on any atom is 0.199 e. The van der Waals surface area contributed by atoms with Crippen molar-refractivity contribution in [3.8, 4) is 11.5 Å². The Morgan fingerprint density at radius 2 is 1.23 bits per heavy atom. The Hall–Kier alpha value is -1.26. The van der Waals surface area contributed by atoms with Gasteiger partial charge in [-0.1, -0.05) is 0 Å². The van der Waals surface area contributed by atoms with Crippen LogP contribution in [0.4, 0.5) is 0 Å². The van der Waals surface area contributed by atoms with Crippen molar-refractivity contribution in [3.05, 3.63) is 23.3 Å². The molecule has 0 bridgehead atoms. The van der Waals surface area contributed by atoms with Gasteiger partial charge in [-0.05, 0) is 62.8 Å². The number of hydrogen-bond donors (Lipinski definition) is 0. The van der Waals surface area contributed by atoms with Gasteiger partial charge in [0.15, 0.2) is 12.6 Å².